The van der Waals surface area contributed by atoms with Crippen molar-refractivity contribution in [2.24, 2.45) is 0 Å². The van der Waals surface area contributed by atoms with Crippen molar-refractivity contribution < 1.29 is 9.53 Å². The maximum absolute atomic E-state index is 12.5. The first kappa shape index (κ1) is 17.9. The van der Waals surface area contributed by atoms with Crippen molar-refractivity contribution in [3.05, 3.63) is 56.7 Å². The van der Waals surface area contributed by atoms with Gasteiger partial charge in [0, 0.05) is 29.1 Å². The van der Waals surface area contributed by atoms with Gasteiger partial charge in [0.15, 0.2) is 0 Å². The first-order chi connectivity index (χ1) is 11.2. The summed E-state index contributed by atoms with van der Waals surface area (Å²) >= 11 is 4.99. The summed E-state index contributed by atoms with van der Waals surface area (Å²) in [7, 11) is 0. The Balaban J connectivity index is 2.09. The average Bonchev–Trinajstić information content (AvgIpc) is 3.08. The molecule has 0 bridgehead atoms. The number of carbonyl (C=O) groups excluding carboxylic acids is 1. The second-order valence-electron chi connectivity index (χ2n) is 4.89. The number of halogens is 1. The fourth-order valence-electron chi connectivity index (χ4n) is 2.02. The van der Waals surface area contributed by atoms with E-state index >= 15 is 0 Å². The van der Waals surface area contributed by atoms with Crippen molar-refractivity contribution in [1.29, 1.82) is 0 Å². The van der Waals surface area contributed by atoms with Crippen LogP contribution < -0.4 is 5.32 Å². The van der Waals surface area contributed by atoms with Crippen LogP contribution in [0.4, 0.5) is 0 Å². The molecule has 122 valence electrons. The fraction of sp³-hybridized carbons (Fsp3) is 0.278. The standard InChI is InChI=1S/C18H20BrNO2S/c1-2-22-11-4-10-20-18(21)16(17-5-3-12-23-17)13-14-6-8-15(19)9-7-14/h3,5-9,12-13H,2,4,10-11H2,1H3,(H,20,21). The second-order valence-corrected chi connectivity index (χ2v) is 6.76. The van der Waals surface area contributed by atoms with Gasteiger partial charge in [0.05, 0.1) is 5.57 Å². The van der Waals surface area contributed by atoms with Crippen LogP contribution in [-0.4, -0.2) is 25.7 Å². The van der Waals surface area contributed by atoms with Crippen LogP contribution in [0.1, 0.15) is 23.8 Å². The number of nitrogens with one attached hydrogen (secondary N) is 1. The summed E-state index contributed by atoms with van der Waals surface area (Å²) < 4.78 is 6.31. The zero-order valence-electron chi connectivity index (χ0n) is 13.0. The lowest BCUT2D eigenvalue weighted by atomic mass is 10.1. The van der Waals surface area contributed by atoms with E-state index in [4.69, 9.17) is 4.74 Å². The first-order valence-corrected chi connectivity index (χ1v) is 9.25. The Kier molecular flexibility index (Phi) is 7.52. The number of ether oxygens (including phenoxy) is 1. The Morgan fingerprint density at radius 3 is 2.74 bits per heavy atom. The molecule has 5 heteroatoms. The minimum absolute atomic E-state index is 0.0492. The number of amides is 1. The predicted molar refractivity (Wildman–Crippen MR) is 100 cm³/mol. The fourth-order valence-corrected chi connectivity index (χ4v) is 3.03. The smallest absolute Gasteiger partial charge is 0.252 e. The Labute approximate surface area is 149 Å². The normalized spacial score (nSPS) is 11.5. The van der Waals surface area contributed by atoms with Crippen molar-refractivity contribution >= 4 is 44.8 Å². The highest BCUT2D eigenvalue weighted by atomic mass is 79.9. The highest BCUT2D eigenvalue weighted by Gasteiger charge is 2.12. The molecule has 0 aliphatic heterocycles. The van der Waals surface area contributed by atoms with Gasteiger partial charge in [-0.15, -0.1) is 11.3 Å². The van der Waals surface area contributed by atoms with Crippen molar-refractivity contribution in [2.45, 2.75) is 13.3 Å². The lowest BCUT2D eigenvalue weighted by molar-refractivity contribution is -0.115. The molecule has 0 aliphatic carbocycles. The maximum Gasteiger partial charge on any atom is 0.252 e. The lowest BCUT2D eigenvalue weighted by Crippen LogP contribution is -2.26. The SMILES string of the molecule is CCOCCCNC(=O)C(=Cc1ccc(Br)cc1)c1cccs1. The zero-order valence-corrected chi connectivity index (χ0v) is 15.5. The third kappa shape index (κ3) is 5.94. The topological polar surface area (TPSA) is 38.3 Å². The number of hydrogen-bond acceptors (Lipinski definition) is 3. The Morgan fingerprint density at radius 1 is 1.30 bits per heavy atom. The summed E-state index contributed by atoms with van der Waals surface area (Å²) in [6.07, 6.45) is 2.74. The quantitative estimate of drug-likeness (QED) is 0.525. The van der Waals surface area contributed by atoms with E-state index in [2.05, 4.69) is 21.2 Å². The van der Waals surface area contributed by atoms with E-state index in [0.29, 0.717) is 25.3 Å². The van der Waals surface area contributed by atoms with Crippen LogP contribution >= 0.6 is 27.3 Å². The van der Waals surface area contributed by atoms with E-state index in [1.165, 1.54) is 0 Å². The van der Waals surface area contributed by atoms with E-state index in [-0.39, 0.29) is 5.91 Å². The minimum Gasteiger partial charge on any atom is -0.382 e. The molecule has 1 aromatic heterocycles. The molecule has 1 N–H and O–H groups in total. The summed E-state index contributed by atoms with van der Waals surface area (Å²) in [4.78, 5) is 13.5. The Hall–Kier alpha value is -1.43. The second kappa shape index (κ2) is 9.65. The maximum atomic E-state index is 12.5. The van der Waals surface area contributed by atoms with Crippen LogP contribution in [0.25, 0.3) is 11.6 Å². The van der Waals surface area contributed by atoms with Gasteiger partial charge in [-0.3, -0.25) is 4.79 Å². The Bertz CT molecular complexity index is 636. The molecule has 1 amide bonds. The number of benzene rings is 1. The number of thiophene rings is 1. The molecule has 0 saturated carbocycles. The lowest BCUT2D eigenvalue weighted by Gasteiger charge is -2.08. The van der Waals surface area contributed by atoms with Crippen molar-refractivity contribution in [3.8, 4) is 0 Å². The van der Waals surface area contributed by atoms with E-state index in [9.17, 15) is 4.79 Å². The first-order valence-electron chi connectivity index (χ1n) is 7.58. The largest absolute Gasteiger partial charge is 0.382 e. The van der Waals surface area contributed by atoms with Crippen LogP contribution in [-0.2, 0) is 9.53 Å². The van der Waals surface area contributed by atoms with Crippen LogP contribution in [0.3, 0.4) is 0 Å². The molecule has 0 atom stereocenters. The van der Waals surface area contributed by atoms with Crippen molar-refractivity contribution in [1.82, 2.24) is 5.32 Å². The minimum atomic E-state index is -0.0492. The highest BCUT2D eigenvalue weighted by molar-refractivity contribution is 9.10. The van der Waals surface area contributed by atoms with Gasteiger partial charge in [-0.25, -0.2) is 0 Å². The van der Waals surface area contributed by atoms with Crippen molar-refractivity contribution in [2.75, 3.05) is 19.8 Å². The monoisotopic (exact) mass is 393 g/mol. The molecule has 2 aromatic rings. The van der Waals surface area contributed by atoms with Crippen LogP contribution in [0.15, 0.2) is 46.3 Å². The number of hydrogen-bond donors (Lipinski definition) is 1. The van der Waals surface area contributed by atoms with E-state index < -0.39 is 0 Å². The van der Waals surface area contributed by atoms with Gasteiger partial charge in [0.2, 0.25) is 0 Å². The van der Waals surface area contributed by atoms with Gasteiger partial charge in [-0.2, -0.15) is 0 Å². The van der Waals surface area contributed by atoms with Crippen LogP contribution in [0.5, 0.6) is 0 Å². The summed E-state index contributed by atoms with van der Waals surface area (Å²) in [5.41, 5.74) is 1.69. The van der Waals surface area contributed by atoms with Gasteiger partial charge >= 0.3 is 0 Å². The molecular weight excluding hydrogens is 374 g/mol. The molecule has 0 unspecified atom stereocenters. The van der Waals surface area contributed by atoms with E-state index in [0.717, 1.165) is 21.3 Å². The van der Waals surface area contributed by atoms with Gasteiger partial charge in [0.25, 0.3) is 5.91 Å². The molecule has 1 heterocycles. The van der Waals surface area contributed by atoms with E-state index in [1.54, 1.807) is 11.3 Å². The number of carbonyl (C=O) groups is 1. The molecule has 23 heavy (non-hydrogen) atoms. The van der Waals surface area contributed by atoms with Crippen molar-refractivity contribution in [3.63, 3.8) is 0 Å². The molecule has 1 aromatic carbocycles. The summed E-state index contributed by atoms with van der Waals surface area (Å²) in [6.45, 7) is 3.95. The molecule has 3 nitrogen and oxygen atoms in total. The van der Waals surface area contributed by atoms with Gasteiger partial charge in [-0.1, -0.05) is 34.1 Å². The number of rotatable bonds is 8. The molecular formula is C18H20BrNO2S. The zero-order chi connectivity index (χ0) is 16.5. The van der Waals surface area contributed by atoms with Gasteiger partial charge < -0.3 is 10.1 Å². The molecule has 0 aliphatic rings. The molecule has 0 radical (unpaired) electrons. The van der Waals surface area contributed by atoms with Crippen LogP contribution in [0, 0.1) is 0 Å². The average molecular weight is 394 g/mol. The highest BCUT2D eigenvalue weighted by Crippen LogP contribution is 2.23. The van der Waals surface area contributed by atoms with Gasteiger partial charge in [-0.05, 0) is 48.6 Å². The molecule has 0 spiro atoms. The third-order valence-corrected chi connectivity index (χ3v) is 4.60. The molecule has 0 saturated heterocycles. The van der Waals surface area contributed by atoms with Crippen LogP contribution in [0.2, 0.25) is 0 Å². The summed E-state index contributed by atoms with van der Waals surface area (Å²) in [5.74, 6) is -0.0492. The molecule has 2 rings (SSSR count). The van der Waals surface area contributed by atoms with E-state index in [1.807, 2.05) is 54.8 Å². The summed E-state index contributed by atoms with van der Waals surface area (Å²) in [6, 6.07) is 11.8. The third-order valence-electron chi connectivity index (χ3n) is 3.17. The van der Waals surface area contributed by atoms with Gasteiger partial charge in [0.1, 0.15) is 0 Å². The molecule has 0 fully saturated rings. The Morgan fingerprint density at radius 2 is 2.09 bits per heavy atom. The predicted octanol–water partition coefficient (Wildman–Crippen LogP) is 4.59. The summed E-state index contributed by atoms with van der Waals surface area (Å²) in [5, 5.41) is 4.95.